The van der Waals surface area contributed by atoms with E-state index in [4.69, 9.17) is 16.4 Å². The van der Waals surface area contributed by atoms with Gasteiger partial charge in [-0.05, 0) is 32.9 Å². The second-order valence-corrected chi connectivity index (χ2v) is 5.65. The molecular formula is C9H14ClNOS. The van der Waals surface area contributed by atoms with E-state index in [2.05, 4.69) is 26.3 Å². The molecule has 0 radical (unpaired) electrons. The number of hydroxylamine groups is 1. The van der Waals surface area contributed by atoms with Gasteiger partial charge in [0.05, 0.1) is 4.34 Å². The molecule has 1 rings (SSSR count). The van der Waals surface area contributed by atoms with E-state index in [0.29, 0.717) is 6.61 Å². The third-order valence-electron chi connectivity index (χ3n) is 1.22. The van der Waals surface area contributed by atoms with Gasteiger partial charge < -0.3 is 0 Å². The van der Waals surface area contributed by atoms with Crippen molar-refractivity contribution < 1.29 is 4.84 Å². The van der Waals surface area contributed by atoms with Crippen LogP contribution in [0.15, 0.2) is 12.1 Å². The minimum absolute atomic E-state index is 0.0128. The fourth-order valence-corrected chi connectivity index (χ4v) is 1.75. The van der Waals surface area contributed by atoms with Gasteiger partial charge in [-0.3, -0.25) is 4.84 Å². The Hall–Kier alpha value is -0.0900. The van der Waals surface area contributed by atoms with E-state index >= 15 is 0 Å². The molecule has 0 aliphatic rings. The summed E-state index contributed by atoms with van der Waals surface area (Å²) < 4.78 is 0.800. The van der Waals surface area contributed by atoms with Crippen molar-refractivity contribution in [3.8, 4) is 0 Å². The fourth-order valence-electron chi connectivity index (χ4n) is 0.753. The van der Waals surface area contributed by atoms with E-state index in [0.717, 1.165) is 9.21 Å². The molecule has 0 saturated heterocycles. The van der Waals surface area contributed by atoms with Crippen molar-refractivity contribution in [3.63, 3.8) is 0 Å². The van der Waals surface area contributed by atoms with Gasteiger partial charge in [-0.1, -0.05) is 11.6 Å². The zero-order chi connectivity index (χ0) is 9.90. The Bertz CT molecular complexity index is 267. The summed E-state index contributed by atoms with van der Waals surface area (Å²) in [6, 6.07) is 3.85. The summed E-state index contributed by atoms with van der Waals surface area (Å²) in [4.78, 5) is 6.43. The zero-order valence-electron chi connectivity index (χ0n) is 8.06. The molecule has 4 heteroatoms. The second kappa shape index (κ2) is 4.42. The second-order valence-electron chi connectivity index (χ2n) is 3.85. The quantitative estimate of drug-likeness (QED) is 0.789. The van der Waals surface area contributed by atoms with Crippen LogP contribution < -0.4 is 5.48 Å². The van der Waals surface area contributed by atoms with Gasteiger partial charge in [0.25, 0.3) is 0 Å². The van der Waals surface area contributed by atoms with Crippen LogP contribution in [0.5, 0.6) is 0 Å². The molecule has 1 aromatic rings. The maximum absolute atomic E-state index is 5.77. The van der Waals surface area contributed by atoms with E-state index in [1.54, 1.807) is 0 Å². The first kappa shape index (κ1) is 11.0. The average molecular weight is 220 g/mol. The van der Waals surface area contributed by atoms with Crippen LogP contribution in [-0.2, 0) is 11.4 Å². The number of rotatable bonds is 3. The topological polar surface area (TPSA) is 21.3 Å². The minimum Gasteiger partial charge on any atom is -0.296 e. The molecule has 1 aromatic heterocycles. The van der Waals surface area contributed by atoms with Crippen molar-refractivity contribution in [1.29, 1.82) is 0 Å². The predicted molar refractivity (Wildman–Crippen MR) is 57.0 cm³/mol. The molecule has 0 aliphatic heterocycles. The van der Waals surface area contributed by atoms with Gasteiger partial charge >= 0.3 is 0 Å². The van der Waals surface area contributed by atoms with E-state index in [-0.39, 0.29) is 5.54 Å². The highest BCUT2D eigenvalue weighted by molar-refractivity contribution is 7.16. The Labute approximate surface area is 87.8 Å². The van der Waals surface area contributed by atoms with Gasteiger partial charge in [0.2, 0.25) is 0 Å². The van der Waals surface area contributed by atoms with Crippen LogP contribution >= 0.6 is 22.9 Å². The van der Waals surface area contributed by atoms with E-state index in [1.165, 1.54) is 11.3 Å². The molecular weight excluding hydrogens is 206 g/mol. The largest absolute Gasteiger partial charge is 0.296 e. The van der Waals surface area contributed by atoms with Crippen LogP contribution in [0.3, 0.4) is 0 Å². The van der Waals surface area contributed by atoms with Crippen LogP contribution in [0.4, 0.5) is 0 Å². The monoisotopic (exact) mass is 219 g/mol. The van der Waals surface area contributed by atoms with Gasteiger partial charge in [0, 0.05) is 10.4 Å². The summed E-state index contributed by atoms with van der Waals surface area (Å²) in [7, 11) is 0. The predicted octanol–water partition coefficient (Wildman–Crippen LogP) is 3.22. The van der Waals surface area contributed by atoms with Gasteiger partial charge in [-0.15, -0.1) is 11.3 Å². The number of nitrogens with one attached hydrogen (secondary N) is 1. The highest BCUT2D eigenvalue weighted by Gasteiger charge is 2.08. The normalized spacial score (nSPS) is 12.0. The first-order valence-corrected chi connectivity index (χ1v) is 5.30. The van der Waals surface area contributed by atoms with Gasteiger partial charge in [0.1, 0.15) is 6.61 Å². The third-order valence-corrected chi connectivity index (χ3v) is 2.43. The third kappa shape index (κ3) is 4.62. The fraction of sp³-hybridized carbons (Fsp3) is 0.556. The first-order valence-electron chi connectivity index (χ1n) is 4.10. The lowest BCUT2D eigenvalue weighted by molar-refractivity contribution is -0.0162. The van der Waals surface area contributed by atoms with Crippen molar-refractivity contribution in [2.24, 2.45) is 0 Å². The van der Waals surface area contributed by atoms with Crippen LogP contribution in [0.2, 0.25) is 4.34 Å². The van der Waals surface area contributed by atoms with Gasteiger partial charge in [-0.25, -0.2) is 0 Å². The lowest BCUT2D eigenvalue weighted by atomic mass is 10.1. The SMILES string of the molecule is CC(C)(C)NOCc1ccc(Cl)s1. The number of halogens is 1. The Morgan fingerprint density at radius 3 is 2.62 bits per heavy atom. The van der Waals surface area contributed by atoms with Gasteiger partial charge in [0.15, 0.2) is 0 Å². The highest BCUT2D eigenvalue weighted by atomic mass is 35.5. The van der Waals surface area contributed by atoms with Crippen LogP contribution in [0.1, 0.15) is 25.6 Å². The molecule has 0 saturated carbocycles. The Balaban J connectivity index is 2.28. The molecule has 74 valence electrons. The molecule has 13 heavy (non-hydrogen) atoms. The smallest absolute Gasteiger partial charge is 0.103 e. The Kier molecular flexibility index (Phi) is 3.74. The van der Waals surface area contributed by atoms with E-state index < -0.39 is 0 Å². The van der Waals surface area contributed by atoms with Gasteiger partial charge in [-0.2, -0.15) is 5.48 Å². The summed E-state index contributed by atoms with van der Waals surface area (Å²) >= 11 is 7.31. The summed E-state index contributed by atoms with van der Waals surface area (Å²) in [6.07, 6.45) is 0. The maximum atomic E-state index is 5.77. The molecule has 2 nitrogen and oxygen atoms in total. The maximum Gasteiger partial charge on any atom is 0.103 e. The van der Waals surface area contributed by atoms with Crippen LogP contribution in [0, 0.1) is 0 Å². The Morgan fingerprint density at radius 1 is 1.46 bits per heavy atom. The van der Waals surface area contributed by atoms with Crippen LogP contribution in [0.25, 0.3) is 0 Å². The number of hydrogen-bond acceptors (Lipinski definition) is 3. The van der Waals surface area contributed by atoms with Crippen molar-refractivity contribution in [2.75, 3.05) is 0 Å². The molecule has 1 N–H and O–H groups in total. The van der Waals surface area contributed by atoms with Crippen molar-refractivity contribution in [1.82, 2.24) is 5.48 Å². The molecule has 0 aliphatic carbocycles. The summed E-state index contributed by atoms with van der Waals surface area (Å²) in [5.41, 5.74) is 2.93. The average Bonchev–Trinajstić information content (AvgIpc) is 2.33. The standard InChI is InChI=1S/C9H14ClNOS/c1-9(2,3)11-12-6-7-4-5-8(10)13-7/h4-5,11H,6H2,1-3H3. The molecule has 1 heterocycles. The Morgan fingerprint density at radius 2 is 2.15 bits per heavy atom. The number of hydrogen-bond donors (Lipinski definition) is 1. The lowest BCUT2D eigenvalue weighted by Gasteiger charge is -2.19. The molecule has 0 bridgehead atoms. The molecule has 0 aromatic carbocycles. The van der Waals surface area contributed by atoms with E-state index in [1.807, 2.05) is 12.1 Å². The minimum atomic E-state index is -0.0128. The van der Waals surface area contributed by atoms with Crippen molar-refractivity contribution in [2.45, 2.75) is 32.9 Å². The lowest BCUT2D eigenvalue weighted by Crippen LogP contribution is -2.35. The van der Waals surface area contributed by atoms with Crippen LogP contribution in [-0.4, -0.2) is 5.54 Å². The molecule has 0 fully saturated rings. The number of thiophene rings is 1. The summed E-state index contributed by atoms with van der Waals surface area (Å²) in [5.74, 6) is 0. The molecule has 0 unspecified atom stereocenters. The van der Waals surface area contributed by atoms with Crippen molar-refractivity contribution in [3.05, 3.63) is 21.3 Å². The summed E-state index contributed by atoms with van der Waals surface area (Å²) in [5, 5.41) is 0. The zero-order valence-corrected chi connectivity index (χ0v) is 9.63. The molecule has 0 amide bonds. The molecule has 0 atom stereocenters. The van der Waals surface area contributed by atoms with E-state index in [9.17, 15) is 0 Å². The summed E-state index contributed by atoms with van der Waals surface area (Å²) in [6.45, 7) is 6.71. The first-order chi connectivity index (χ1) is 5.97. The highest BCUT2D eigenvalue weighted by Crippen LogP contribution is 2.21. The molecule has 0 spiro atoms. The van der Waals surface area contributed by atoms with Crippen molar-refractivity contribution >= 4 is 22.9 Å².